The van der Waals surface area contributed by atoms with Gasteiger partial charge in [0.1, 0.15) is 58.3 Å². The highest BCUT2D eigenvalue weighted by Crippen LogP contribution is 2.33. The van der Waals surface area contributed by atoms with Crippen molar-refractivity contribution in [2.45, 2.75) is 91.0 Å². The van der Waals surface area contributed by atoms with E-state index in [2.05, 4.69) is 25.8 Å². The summed E-state index contributed by atoms with van der Waals surface area (Å²) in [5.41, 5.74) is 14.9. The maximum absolute atomic E-state index is 13.9. The van der Waals surface area contributed by atoms with Crippen LogP contribution < -0.4 is 31.6 Å². The summed E-state index contributed by atoms with van der Waals surface area (Å²) in [5.74, 6) is -1.75. The van der Waals surface area contributed by atoms with Crippen LogP contribution in [0.5, 0.6) is 11.5 Å². The van der Waals surface area contributed by atoms with Gasteiger partial charge in [-0.05, 0) is 64.1 Å². The van der Waals surface area contributed by atoms with Gasteiger partial charge >= 0.3 is 0 Å². The monoisotopic (exact) mass is 956 g/mol. The summed E-state index contributed by atoms with van der Waals surface area (Å²) in [6.07, 6.45) is -2.24. The molecule has 4 aromatic heterocycles. The zero-order chi connectivity index (χ0) is 49.7. The number of nitrogens with zero attached hydrogens (tertiary/aromatic N) is 8. The van der Waals surface area contributed by atoms with Crippen LogP contribution in [0.3, 0.4) is 0 Å². The Balaban J connectivity index is 1.22. The third-order valence-electron chi connectivity index (χ3n) is 11.4. The van der Waals surface area contributed by atoms with Gasteiger partial charge in [0.2, 0.25) is 23.7 Å². The van der Waals surface area contributed by atoms with Crippen molar-refractivity contribution in [2.24, 2.45) is 11.5 Å². The molecule has 368 valence electrons. The zero-order valence-corrected chi connectivity index (χ0v) is 38.9. The van der Waals surface area contributed by atoms with Crippen LogP contribution in [0.25, 0.3) is 22.1 Å². The Hall–Kier alpha value is -7.22. The number of carbonyl (C=O) groups excluding carboxylic acids is 4. The Bertz CT molecular complexity index is 2880. The second kappa shape index (κ2) is 21.4. The molecular formula is C45H56N12O12. The van der Waals surface area contributed by atoms with E-state index in [4.69, 9.17) is 40.1 Å². The Labute approximate surface area is 394 Å². The summed E-state index contributed by atoms with van der Waals surface area (Å²) in [6, 6.07) is 9.24. The summed E-state index contributed by atoms with van der Waals surface area (Å²) in [4.78, 5) is 61.9. The highest BCUT2D eigenvalue weighted by Gasteiger charge is 2.45. The van der Waals surface area contributed by atoms with Crippen molar-refractivity contribution < 1.29 is 58.2 Å². The maximum atomic E-state index is 13.9. The SMILES string of the molecule is CCn1nc(C)cc1C(=O)Nc1nc2cc(C(N)=O)cc(OC)c2n1C/C=C/Cn1c(NC(=O)c2cc(C)nn2CC)nc2cc(C(N)=O)cc(OCCCO[C@H]3[C@@H](O)[C@@H](OC)O[C@H](CO)[C@H]3O)c21. The van der Waals surface area contributed by atoms with Gasteiger partial charge in [-0.25, -0.2) is 9.97 Å². The Morgan fingerprint density at radius 1 is 0.754 bits per heavy atom. The van der Waals surface area contributed by atoms with Gasteiger partial charge in [-0.2, -0.15) is 10.2 Å². The van der Waals surface area contributed by atoms with Crippen molar-refractivity contribution in [1.29, 1.82) is 0 Å². The van der Waals surface area contributed by atoms with E-state index in [0.29, 0.717) is 46.7 Å². The number of nitrogens with one attached hydrogen (secondary N) is 2. The first-order valence-electron chi connectivity index (χ1n) is 22.1. The van der Waals surface area contributed by atoms with Crippen LogP contribution in [0.1, 0.15) is 73.3 Å². The fourth-order valence-electron chi connectivity index (χ4n) is 8.09. The lowest BCUT2D eigenvalue weighted by molar-refractivity contribution is -0.301. The Morgan fingerprint density at radius 3 is 1.72 bits per heavy atom. The number of hydrogen-bond acceptors (Lipinski definition) is 16. The molecule has 4 amide bonds. The van der Waals surface area contributed by atoms with Crippen LogP contribution >= 0.6 is 0 Å². The molecule has 1 saturated heterocycles. The minimum Gasteiger partial charge on any atom is -0.494 e. The lowest BCUT2D eigenvalue weighted by Gasteiger charge is -2.41. The van der Waals surface area contributed by atoms with Gasteiger partial charge in [0.15, 0.2) is 6.29 Å². The van der Waals surface area contributed by atoms with Crippen LogP contribution in [-0.4, -0.2) is 142 Å². The Morgan fingerprint density at radius 2 is 1.26 bits per heavy atom. The van der Waals surface area contributed by atoms with Gasteiger partial charge < -0.3 is 59.6 Å². The fourth-order valence-corrected chi connectivity index (χ4v) is 8.09. The molecule has 0 spiro atoms. The normalized spacial score (nSPS) is 18.3. The number of rotatable bonds is 21. The number of imidazole rings is 2. The van der Waals surface area contributed by atoms with Crippen LogP contribution in [0, 0.1) is 13.8 Å². The highest BCUT2D eigenvalue weighted by molar-refractivity contribution is 6.05. The molecule has 1 aliphatic heterocycles. The lowest BCUT2D eigenvalue weighted by Crippen LogP contribution is -2.60. The number of anilines is 2. The first-order chi connectivity index (χ1) is 33.1. The van der Waals surface area contributed by atoms with Gasteiger partial charge in [0, 0.05) is 50.8 Å². The van der Waals surface area contributed by atoms with Crippen LogP contribution in [-0.2, 0) is 40.4 Å². The summed E-state index contributed by atoms with van der Waals surface area (Å²) >= 11 is 0. The Kier molecular flexibility index (Phi) is 15.4. The summed E-state index contributed by atoms with van der Waals surface area (Å²) in [7, 11) is 2.75. The second-order valence-electron chi connectivity index (χ2n) is 16.0. The molecule has 24 nitrogen and oxygen atoms in total. The summed E-state index contributed by atoms with van der Waals surface area (Å²) < 4.78 is 34.9. The quantitative estimate of drug-likeness (QED) is 0.0398. The first-order valence-corrected chi connectivity index (χ1v) is 22.1. The molecule has 9 N–H and O–H groups in total. The van der Waals surface area contributed by atoms with Crippen molar-refractivity contribution in [3.8, 4) is 11.5 Å². The van der Waals surface area contributed by atoms with Crippen molar-refractivity contribution in [1.82, 2.24) is 38.7 Å². The van der Waals surface area contributed by atoms with Gasteiger partial charge in [-0.15, -0.1) is 0 Å². The van der Waals surface area contributed by atoms with E-state index in [9.17, 15) is 34.5 Å². The maximum Gasteiger partial charge on any atom is 0.276 e. The number of aromatic nitrogens is 8. The molecule has 69 heavy (non-hydrogen) atoms. The number of aliphatic hydroxyl groups excluding tert-OH is 3. The number of fused-ring (bicyclic) bond motifs is 2. The number of primary amides is 2. The number of aliphatic hydroxyl groups is 3. The highest BCUT2D eigenvalue weighted by atomic mass is 16.7. The predicted octanol–water partition coefficient (Wildman–Crippen LogP) is 1.64. The minimum atomic E-state index is -1.35. The largest absolute Gasteiger partial charge is 0.494 e. The van der Waals surface area contributed by atoms with Gasteiger partial charge in [-0.1, -0.05) is 12.2 Å². The molecule has 2 aromatic carbocycles. The first kappa shape index (κ1) is 49.7. The van der Waals surface area contributed by atoms with E-state index in [1.165, 1.54) is 38.5 Å². The van der Waals surface area contributed by atoms with Crippen molar-refractivity contribution in [3.63, 3.8) is 0 Å². The standard InChI is InChI=1S/C45H56N12O12/c1-7-56-29(16-23(3)52-56)41(63)50-44-48-27-18-25(39(46)61)20-31(65-5)34(27)54(44)12-9-10-13-55-35-28(49-45(55)51-42(64)30-17-24(4)53-57(30)8-2)19-26(40(47)62)21-32(35)67-14-11-15-68-38-36(59)33(22-58)69-43(66-6)37(38)60/h9-10,16-21,33,36-38,43,58-60H,7-8,11-15,22H2,1-6H3,(H2,46,61)(H2,47,62)(H,48,50,63)(H,49,51,64)/b10-9+/t33-,36-,37-,38-,43+/m1/s1. The third kappa shape index (κ3) is 10.4. The average molecular weight is 957 g/mol. The number of hydrogen-bond donors (Lipinski definition) is 7. The molecule has 0 radical (unpaired) electrons. The zero-order valence-electron chi connectivity index (χ0n) is 38.9. The summed E-state index contributed by atoms with van der Waals surface area (Å²) in [6.45, 7) is 7.75. The van der Waals surface area contributed by atoms with Crippen LogP contribution in [0.4, 0.5) is 11.9 Å². The van der Waals surface area contributed by atoms with E-state index in [-0.39, 0.29) is 78.5 Å². The number of carbonyl (C=O) groups is 4. The molecule has 6 aromatic rings. The van der Waals surface area contributed by atoms with E-state index in [0.717, 1.165) is 0 Å². The molecule has 0 bridgehead atoms. The number of methoxy groups -OCH3 is 2. The molecular weight excluding hydrogens is 901 g/mol. The smallest absolute Gasteiger partial charge is 0.276 e. The number of allylic oxidation sites excluding steroid dienone is 2. The number of ether oxygens (including phenoxy) is 5. The number of nitrogens with two attached hydrogens (primary N) is 2. The molecule has 0 saturated carbocycles. The number of benzene rings is 2. The molecule has 5 atom stereocenters. The fraction of sp³-hybridized carbons (Fsp3) is 0.422. The van der Waals surface area contributed by atoms with Gasteiger partial charge in [0.05, 0.1) is 49.4 Å². The van der Waals surface area contributed by atoms with E-state index < -0.39 is 60.9 Å². The second-order valence-corrected chi connectivity index (χ2v) is 16.0. The van der Waals surface area contributed by atoms with Crippen molar-refractivity contribution in [2.75, 3.05) is 44.7 Å². The van der Waals surface area contributed by atoms with E-state index >= 15 is 0 Å². The summed E-state index contributed by atoms with van der Waals surface area (Å²) in [5, 5.41) is 45.7. The minimum absolute atomic E-state index is 0.00163. The number of amides is 4. The van der Waals surface area contributed by atoms with Crippen molar-refractivity contribution in [3.05, 3.63) is 82.5 Å². The van der Waals surface area contributed by atoms with Gasteiger partial charge in [0.25, 0.3) is 11.8 Å². The molecule has 0 aliphatic carbocycles. The molecule has 1 aliphatic rings. The molecule has 1 fully saturated rings. The number of aryl methyl sites for hydroxylation is 4. The van der Waals surface area contributed by atoms with E-state index in [1.54, 1.807) is 56.6 Å². The predicted molar refractivity (Wildman–Crippen MR) is 248 cm³/mol. The van der Waals surface area contributed by atoms with E-state index in [1.807, 2.05) is 13.8 Å². The third-order valence-corrected chi connectivity index (χ3v) is 11.4. The molecule has 0 unspecified atom stereocenters. The van der Waals surface area contributed by atoms with Crippen LogP contribution in [0.2, 0.25) is 0 Å². The van der Waals surface area contributed by atoms with Gasteiger partial charge in [-0.3, -0.25) is 39.2 Å². The molecule has 7 rings (SSSR count). The van der Waals surface area contributed by atoms with Crippen LogP contribution in [0.15, 0.2) is 48.6 Å². The molecule has 5 heterocycles. The average Bonchev–Trinajstić information content (AvgIpc) is 4.10. The van der Waals surface area contributed by atoms with Crippen molar-refractivity contribution >= 4 is 57.6 Å². The topological polar surface area (TPSA) is 323 Å². The lowest BCUT2D eigenvalue weighted by atomic mass is 9.99. The molecule has 24 heteroatoms.